The molecule has 1 unspecified atom stereocenters. The number of nitrogens with one attached hydrogen (secondary N) is 1. The Morgan fingerprint density at radius 1 is 1.35 bits per heavy atom. The van der Waals surface area contributed by atoms with Crippen LogP contribution in [0, 0.1) is 11.7 Å². The van der Waals surface area contributed by atoms with E-state index in [0.29, 0.717) is 28.8 Å². The van der Waals surface area contributed by atoms with Gasteiger partial charge in [-0.15, -0.1) is 0 Å². The summed E-state index contributed by atoms with van der Waals surface area (Å²) in [5.41, 5.74) is 1.12. The molecule has 1 saturated heterocycles. The minimum absolute atomic E-state index is 0.0184. The number of nitrogens with zero attached hydrogens (tertiary/aromatic N) is 2. The molecule has 23 heavy (non-hydrogen) atoms. The Morgan fingerprint density at radius 3 is 2.87 bits per heavy atom. The Balaban J connectivity index is 1.90. The highest BCUT2D eigenvalue weighted by molar-refractivity contribution is 6.04. The topological polar surface area (TPSA) is 62.3 Å². The molecule has 2 heterocycles. The predicted molar refractivity (Wildman–Crippen MR) is 84.0 cm³/mol. The van der Waals surface area contributed by atoms with Crippen LogP contribution in [0.3, 0.4) is 0 Å². The number of imide groups is 1. The maximum absolute atomic E-state index is 13.8. The van der Waals surface area contributed by atoms with E-state index < -0.39 is 17.9 Å². The second-order valence-corrected chi connectivity index (χ2v) is 6.20. The molecule has 6 heteroatoms. The third-order valence-electron chi connectivity index (χ3n) is 3.89. The second-order valence-electron chi connectivity index (χ2n) is 6.20. The van der Waals surface area contributed by atoms with Gasteiger partial charge in [0.2, 0.25) is 0 Å². The molecule has 1 aromatic carbocycles. The molecule has 1 N–H and O–H groups in total. The molecule has 2 aromatic rings. The van der Waals surface area contributed by atoms with Gasteiger partial charge in [0.15, 0.2) is 0 Å². The smallest absolute Gasteiger partial charge is 0.325 e. The molecule has 0 saturated carbocycles. The normalized spacial score (nSPS) is 18.1. The Morgan fingerprint density at radius 2 is 2.13 bits per heavy atom. The van der Waals surface area contributed by atoms with E-state index in [0.717, 1.165) is 4.90 Å². The molecule has 1 fully saturated rings. The van der Waals surface area contributed by atoms with E-state index >= 15 is 0 Å². The standard InChI is InChI=1S/C17H18FN3O2/c1-10(2)6-14-16(22)21(17(23)20-14)9-12-8-13(18)7-11-4-3-5-19-15(11)12/h3-5,7-8,10,14H,6,9H2,1-2H3,(H,20,23). The maximum atomic E-state index is 13.8. The first-order valence-corrected chi connectivity index (χ1v) is 7.60. The van der Waals surface area contributed by atoms with Crippen LogP contribution in [0.2, 0.25) is 0 Å². The van der Waals surface area contributed by atoms with E-state index in [1.807, 2.05) is 13.8 Å². The molecule has 0 bridgehead atoms. The summed E-state index contributed by atoms with van der Waals surface area (Å²) in [6.45, 7) is 4.00. The highest BCUT2D eigenvalue weighted by Gasteiger charge is 2.38. The fraction of sp³-hybridized carbons (Fsp3) is 0.353. The Hall–Kier alpha value is -2.50. The van der Waals surface area contributed by atoms with Crippen LogP contribution in [0.15, 0.2) is 30.5 Å². The molecule has 0 aliphatic carbocycles. The number of aromatic nitrogens is 1. The van der Waals surface area contributed by atoms with E-state index in [1.165, 1.54) is 12.1 Å². The number of fused-ring (bicyclic) bond motifs is 1. The van der Waals surface area contributed by atoms with Gasteiger partial charge >= 0.3 is 6.03 Å². The lowest BCUT2D eigenvalue weighted by Crippen LogP contribution is -2.31. The zero-order valence-electron chi connectivity index (χ0n) is 13.0. The number of carbonyl (C=O) groups excluding carboxylic acids is 2. The summed E-state index contributed by atoms with van der Waals surface area (Å²) in [6.07, 6.45) is 2.19. The number of halogens is 1. The van der Waals surface area contributed by atoms with Crippen LogP contribution < -0.4 is 5.32 Å². The second kappa shape index (κ2) is 5.95. The highest BCUT2D eigenvalue weighted by Crippen LogP contribution is 2.22. The predicted octanol–water partition coefficient (Wildman–Crippen LogP) is 2.84. The molecule has 3 rings (SSSR count). The minimum Gasteiger partial charge on any atom is -0.326 e. The van der Waals surface area contributed by atoms with Gasteiger partial charge in [0.1, 0.15) is 11.9 Å². The van der Waals surface area contributed by atoms with E-state index in [4.69, 9.17) is 0 Å². The largest absolute Gasteiger partial charge is 0.326 e. The number of benzene rings is 1. The van der Waals surface area contributed by atoms with Gasteiger partial charge in [-0.2, -0.15) is 0 Å². The van der Waals surface area contributed by atoms with Crippen molar-refractivity contribution in [2.24, 2.45) is 5.92 Å². The third-order valence-corrected chi connectivity index (χ3v) is 3.89. The van der Waals surface area contributed by atoms with Gasteiger partial charge in [0.25, 0.3) is 5.91 Å². The molecule has 1 aliphatic rings. The molecule has 1 aliphatic heterocycles. The number of amides is 3. The SMILES string of the molecule is CC(C)CC1NC(=O)N(Cc2cc(F)cc3cccnc23)C1=O. The Labute approximate surface area is 133 Å². The van der Waals surface area contributed by atoms with Gasteiger partial charge in [-0.05, 0) is 30.5 Å². The molecule has 120 valence electrons. The average molecular weight is 315 g/mol. The first-order valence-electron chi connectivity index (χ1n) is 7.60. The van der Waals surface area contributed by atoms with Gasteiger partial charge in [-0.1, -0.05) is 19.9 Å². The molecule has 0 spiro atoms. The number of rotatable bonds is 4. The molecule has 3 amide bonds. The van der Waals surface area contributed by atoms with Crippen LogP contribution in [0.25, 0.3) is 10.9 Å². The van der Waals surface area contributed by atoms with Gasteiger partial charge < -0.3 is 5.32 Å². The molecule has 1 aromatic heterocycles. The first-order chi connectivity index (χ1) is 11.0. The van der Waals surface area contributed by atoms with Crippen molar-refractivity contribution in [3.63, 3.8) is 0 Å². The van der Waals surface area contributed by atoms with Gasteiger partial charge in [-0.25, -0.2) is 9.18 Å². The number of carbonyl (C=O) groups is 2. The first kappa shape index (κ1) is 15.4. The van der Waals surface area contributed by atoms with E-state index in [2.05, 4.69) is 10.3 Å². The van der Waals surface area contributed by atoms with Crippen LogP contribution in [0.5, 0.6) is 0 Å². The van der Waals surface area contributed by atoms with Gasteiger partial charge in [0.05, 0.1) is 12.1 Å². The lowest BCUT2D eigenvalue weighted by atomic mass is 10.0. The lowest BCUT2D eigenvalue weighted by Gasteiger charge is -2.15. The van der Waals surface area contributed by atoms with E-state index in [1.54, 1.807) is 18.3 Å². The molecule has 1 atom stereocenters. The van der Waals surface area contributed by atoms with Crippen molar-refractivity contribution in [1.29, 1.82) is 0 Å². The van der Waals surface area contributed by atoms with E-state index in [9.17, 15) is 14.0 Å². The van der Waals surface area contributed by atoms with Crippen LogP contribution >= 0.6 is 0 Å². The van der Waals surface area contributed by atoms with Crippen molar-refractivity contribution in [2.75, 3.05) is 0 Å². The van der Waals surface area contributed by atoms with Crippen LogP contribution in [0.1, 0.15) is 25.8 Å². The monoisotopic (exact) mass is 315 g/mol. The summed E-state index contributed by atoms with van der Waals surface area (Å²) in [7, 11) is 0. The van der Waals surface area contributed by atoms with Crippen molar-refractivity contribution in [1.82, 2.24) is 15.2 Å². The van der Waals surface area contributed by atoms with Gasteiger partial charge in [-0.3, -0.25) is 14.7 Å². The molecule has 5 nitrogen and oxygen atoms in total. The summed E-state index contributed by atoms with van der Waals surface area (Å²) in [5.74, 6) is -0.385. The van der Waals surface area contributed by atoms with Crippen molar-refractivity contribution in [3.8, 4) is 0 Å². The molecular formula is C17H18FN3O2. The van der Waals surface area contributed by atoms with E-state index in [-0.39, 0.29) is 12.5 Å². The fourth-order valence-corrected chi connectivity index (χ4v) is 2.88. The Bertz CT molecular complexity index is 776. The number of pyridine rings is 1. The molecular weight excluding hydrogens is 297 g/mol. The highest BCUT2D eigenvalue weighted by atomic mass is 19.1. The summed E-state index contributed by atoms with van der Waals surface area (Å²) in [5, 5.41) is 3.34. The minimum atomic E-state index is -0.504. The summed E-state index contributed by atoms with van der Waals surface area (Å²) in [4.78, 5) is 29.9. The average Bonchev–Trinajstić information content (AvgIpc) is 2.74. The van der Waals surface area contributed by atoms with Crippen LogP contribution in [-0.2, 0) is 11.3 Å². The van der Waals surface area contributed by atoms with Crippen molar-refractivity contribution in [2.45, 2.75) is 32.9 Å². The fourth-order valence-electron chi connectivity index (χ4n) is 2.88. The third kappa shape index (κ3) is 3.02. The van der Waals surface area contributed by atoms with Crippen molar-refractivity contribution >= 4 is 22.8 Å². The summed E-state index contributed by atoms with van der Waals surface area (Å²) < 4.78 is 13.8. The maximum Gasteiger partial charge on any atom is 0.325 e. The Kier molecular flexibility index (Phi) is 3.98. The number of hydrogen-bond donors (Lipinski definition) is 1. The molecule has 0 radical (unpaired) electrons. The van der Waals surface area contributed by atoms with Crippen molar-refractivity contribution < 1.29 is 14.0 Å². The zero-order valence-corrected chi connectivity index (χ0v) is 13.0. The van der Waals surface area contributed by atoms with Crippen LogP contribution in [0.4, 0.5) is 9.18 Å². The van der Waals surface area contributed by atoms with Crippen molar-refractivity contribution in [3.05, 3.63) is 41.8 Å². The lowest BCUT2D eigenvalue weighted by molar-refractivity contribution is -0.128. The summed E-state index contributed by atoms with van der Waals surface area (Å²) >= 11 is 0. The number of hydrogen-bond acceptors (Lipinski definition) is 3. The van der Waals surface area contributed by atoms with Crippen LogP contribution in [-0.4, -0.2) is 27.9 Å². The van der Waals surface area contributed by atoms with Gasteiger partial charge in [0, 0.05) is 17.1 Å². The number of urea groups is 1. The zero-order chi connectivity index (χ0) is 16.6. The summed E-state index contributed by atoms with van der Waals surface area (Å²) in [6, 6.07) is 5.25. The quantitative estimate of drug-likeness (QED) is 0.883.